The minimum Gasteiger partial charge on any atom is -0.465 e. The van der Waals surface area contributed by atoms with Crippen LogP contribution in [0.2, 0.25) is 0 Å². The Kier molecular flexibility index (Phi) is 8.55. The maximum absolute atomic E-state index is 5.99. The van der Waals surface area contributed by atoms with Gasteiger partial charge in [-0.2, -0.15) is 0 Å². The molecule has 0 heterocycles. The third kappa shape index (κ3) is 8.14. The van der Waals surface area contributed by atoms with Gasteiger partial charge in [-0.15, -0.1) is 0 Å². The first-order valence-corrected chi connectivity index (χ1v) is 11.4. The molecule has 2 rings (SSSR count). The van der Waals surface area contributed by atoms with Crippen LogP contribution in [0.5, 0.6) is 5.75 Å². The van der Waals surface area contributed by atoms with Gasteiger partial charge < -0.3 is 9.47 Å². The van der Waals surface area contributed by atoms with Crippen molar-refractivity contribution >= 4 is 0 Å². The molecule has 0 radical (unpaired) electrons. The number of rotatable bonds is 9. The van der Waals surface area contributed by atoms with Gasteiger partial charge in [0.2, 0.25) is 0 Å². The number of hydrogen-bond acceptors (Lipinski definition) is 2. The van der Waals surface area contributed by atoms with Crippen molar-refractivity contribution in [1.29, 1.82) is 0 Å². The molecule has 0 fully saturated rings. The van der Waals surface area contributed by atoms with Gasteiger partial charge in [-0.1, -0.05) is 77.9 Å². The minimum atomic E-state index is -0.249. The Balaban J connectivity index is 1.86. The minimum absolute atomic E-state index is 0.225. The van der Waals surface area contributed by atoms with Gasteiger partial charge >= 0.3 is 0 Å². The Labute approximate surface area is 185 Å². The van der Waals surface area contributed by atoms with Crippen LogP contribution in [-0.2, 0) is 11.2 Å². The molecule has 2 aromatic rings. The predicted octanol–water partition coefficient (Wildman–Crippen LogP) is 7.94. The van der Waals surface area contributed by atoms with Crippen molar-refractivity contribution in [3.8, 4) is 5.75 Å². The maximum Gasteiger partial charge on any atom is 0.196 e. The first-order valence-electron chi connectivity index (χ1n) is 11.4. The summed E-state index contributed by atoms with van der Waals surface area (Å²) < 4.78 is 11.9. The number of ether oxygens (including phenoxy) is 2. The molecular weight excluding hydrogens is 368 g/mol. The second-order valence-electron chi connectivity index (χ2n) is 10.8. The molecule has 2 heteroatoms. The fourth-order valence-electron chi connectivity index (χ4n) is 3.94. The summed E-state index contributed by atoms with van der Waals surface area (Å²) in [6.45, 7) is 18.8. The molecule has 0 saturated carbocycles. The molecule has 1 unspecified atom stereocenters. The maximum atomic E-state index is 5.99. The first-order chi connectivity index (χ1) is 14.0. The van der Waals surface area contributed by atoms with Crippen LogP contribution in [0.1, 0.15) is 83.9 Å². The van der Waals surface area contributed by atoms with E-state index in [-0.39, 0.29) is 11.7 Å². The van der Waals surface area contributed by atoms with Crippen LogP contribution >= 0.6 is 0 Å². The molecule has 0 aliphatic carbocycles. The average Bonchev–Trinajstić information content (AvgIpc) is 2.64. The van der Waals surface area contributed by atoms with Gasteiger partial charge in [-0.05, 0) is 78.7 Å². The molecule has 0 bridgehead atoms. The normalized spacial score (nSPS) is 14.4. The highest BCUT2D eigenvalue weighted by molar-refractivity contribution is 5.30. The molecule has 30 heavy (non-hydrogen) atoms. The van der Waals surface area contributed by atoms with E-state index in [9.17, 15) is 0 Å². The fraction of sp³-hybridized carbons (Fsp3) is 0.571. The summed E-state index contributed by atoms with van der Waals surface area (Å²) in [5.74, 6) is 1.38. The zero-order valence-electron chi connectivity index (χ0n) is 20.4. The van der Waals surface area contributed by atoms with Gasteiger partial charge in [-0.3, -0.25) is 0 Å². The zero-order chi connectivity index (χ0) is 22.4. The average molecular weight is 411 g/mol. The van der Waals surface area contributed by atoms with E-state index < -0.39 is 0 Å². The molecule has 0 aliphatic heterocycles. The predicted molar refractivity (Wildman–Crippen MR) is 128 cm³/mol. The van der Waals surface area contributed by atoms with E-state index in [1.165, 1.54) is 16.7 Å². The summed E-state index contributed by atoms with van der Waals surface area (Å²) in [6, 6.07) is 17.2. The SMILES string of the molecule is Cc1ccccc1CCCOC(C)Oc1ccc([C@@H](CC(C)(C)C)C(C)(C)C)cc1. The summed E-state index contributed by atoms with van der Waals surface area (Å²) in [5.41, 5.74) is 4.66. The lowest BCUT2D eigenvalue weighted by Gasteiger charge is -2.36. The fourth-order valence-corrected chi connectivity index (χ4v) is 3.94. The summed E-state index contributed by atoms with van der Waals surface area (Å²) in [5, 5.41) is 0. The number of aryl methyl sites for hydroxylation is 2. The lowest BCUT2D eigenvalue weighted by molar-refractivity contribution is -0.0672. The monoisotopic (exact) mass is 410 g/mol. The van der Waals surface area contributed by atoms with Gasteiger partial charge in [0.25, 0.3) is 0 Å². The van der Waals surface area contributed by atoms with Crippen molar-refractivity contribution in [2.45, 2.75) is 86.9 Å². The van der Waals surface area contributed by atoms with Gasteiger partial charge in [-0.25, -0.2) is 0 Å². The number of hydrogen-bond donors (Lipinski definition) is 0. The van der Waals surface area contributed by atoms with Crippen molar-refractivity contribution in [3.05, 3.63) is 65.2 Å². The second-order valence-corrected chi connectivity index (χ2v) is 10.8. The summed E-state index contributed by atoms with van der Waals surface area (Å²) >= 11 is 0. The van der Waals surface area contributed by atoms with E-state index in [1.807, 2.05) is 6.92 Å². The summed E-state index contributed by atoms with van der Waals surface area (Å²) in [4.78, 5) is 0. The van der Waals surface area contributed by atoms with Crippen LogP contribution in [0, 0.1) is 17.8 Å². The Bertz CT molecular complexity index is 762. The molecule has 0 N–H and O–H groups in total. The van der Waals surface area contributed by atoms with Crippen LogP contribution in [0.4, 0.5) is 0 Å². The van der Waals surface area contributed by atoms with Crippen molar-refractivity contribution in [2.75, 3.05) is 6.61 Å². The van der Waals surface area contributed by atoms with Crippen molar-refractivity contribution < 1.29 is 9.47 Å². The lowest BCUT2D eigenvalue weighted by atomic mass is 9.69. The van der Waals surface area contributed by atoms with E-state index in [2.05, 4.69) is 97.0 Å². The molecule has 166 valence electrons. The summed E-state index contributed by atoms with van der Waals surface area (Å²) in [6.07, 6.45) is 2.95. The molecule has 0 aliphatic rings. The van der Waals surface area contributed by atoms with Crippen LogP contribution < -0.4 is 4.74 Å². The first kappa shape index (κ1) is 24.5. The van der Waals surface area contributed by atoms with Crippen LogP contribution in [0.15, 0.2) is 48.5 Å². The molecule has 0 amide bonds. The molecule has 2 nitrogen and oxygen atoms in total. The Morgan fingerprint density at radius 3 is 2.07 bits per heavy atom. The second kappa shape index (κ2) is 10.5. The van der Waals surface area contributed by atoms with Crippen LogP contribution in [0.25, 0.3) is 0 Å². The Hall–Kier alpha value is -1.80. The molecule has 0 saturated heterocycles. The van der Waals surface area contributed by atoms with E-state index in [0.717, 1.165) is 25.0 Å². The van der Waals surface area contributed by atoms with Crippen molar-refractivity contribution in [3.63, 3.8) is 0 Å². The van der Waals surface area contributed by atoms with E-state index in [1.54, 1.807) is 0 Å². The third-order valence-corrected chi connectivity index (χ3v) is 5.65. The Morgan fingerprint density at radius 1 is 0.867 bits per heavy atom. The van der Waals surface area contributed by atoms with E-state index >= 15 is 0 Å². The van der Waals surface area contributed by atoms with Gasteiger partial charge in [0.05, 0.1) is 6.61 Å². The molecule has 2 atom stereocenters. The standard InChI is InChI=1S/C28H42O2/c1-21-12-9-10-13-23(21)14-11-19-29-22(2)30-25-17-15-24(16-18-25)26(28(6,7)8)20-27(3,4)5/h9-10,12-13,15-18,22,26H,11,14,19-20H2,1-8H3/t22?,26-/m1/s1. The van der Waals surface area contributed by atoms with Crippen LogP contribution in [-0.4, -0.2) is 12.9 Å². The largest absolute Gasteiger partial charge is 0.465 e. The third-order valence-electron chi connectivity index (χ3n) is 5.65. The topological polar surface area (TPSA) is 18.5 Å². The quantitative estimate of drug-likeness (QED) is 0.308. The lowest BCUT2D eigenvalue weighted by Crippen LogP contribution is -2.23. The highest BCUT2D eigenvalue weighted by Crippen LogP contribution is 2.43. The molecular formula is C28H42O2. The van der Waals surface area contributed by atoms with Crippen molar-refractivity contribution in [2.24, 2.45) is 10.8 Å². The Morgan fingerprint density at radius 2 is 1.50 bits per heavy atom. The van der Waals surface area contributed by atoms with Crippen LogP contribution in [0.3, 0.4) is 0 Å². The molecule has 0 aromatic heterocycles. The van der Waals surface area contributed by atoms with Gasteiger partial charge in [0.15, 0.2) is 6.29 Å². The highest BCUT2D eigenvalue weighted by atomic mass is 16.7. The van der Waals surface area contributed by atoms with E-state index in [4.69, 9.17) is 9.47 Å². The highest BCUT2D eigenvalue weighted by Gasteiger charge is 2.30. The number of benzene rings is 2. The summed E-state index contributed by atoms with van der Waals surface area (Å²) in [7, 11) is 0. The zero-order valence-corrected chi connectivity index (χ0v) is 20.4. The van der Waals surface area contributed by atoms with Gasteiger partial charge in [0, 0.05) is 0 Å². The molecule has 2 aromatic carbocycles. The van der Waals surface area contributed by atoms with Crippen molar-refractivity contribution in [1.82, 2.24) is 0 Å². The van der Waals surface area contributed by atoms with E-state index in [0.29, 0.717) is 17.9 Å². The smallest absolute Gasteiger partial charge is 0.196 e. The van der Waals surface area contributed by atoms with Gasteiger partial charge in [0.1, 0.15) is 5.75 Å². The molecule has 0 spiro atoms.